The third-order valence-corrected chi connectivity index (χ3v) is 6.42. The van der Waals surface area contributed by atoms with Crippen molar-refractivity contribution in [3.05, 3.63) is 23.9 Å². The van der Waals surface area contributed by atoms with Crippen molar-refractivity contribution in [2.24, 2.45) is 5.92 Å². The van der Waals surface area contributed by atoms with Gasteiger partial charge in [-0.05, 0) is 44.9 Å². The van der Waals surface area contributed by atoms with E-state index in [-0.39, 0.29) is 36.5 Å². The molecule has 3 fully saturated rings. The van der Waals surface area contributed by atoms with Gasteiger partial charge in [0.25, 0.3) is 0 Å². The molecule has 2 saturated heterocycles. The molecule has 0 amide bonds. The molecule has 0 aromatic heterocycles. The summed E-state index contributed by atoms with van der Waals surface area (Å²) in [5.74, 6) is 0.0770. The highest BCUT2D eigenvalue weighted by Gasteiger charge is 2.39. The zero-order valence-electron chi connectivity index (χ0n) is 20.3. The Hall–Kier alpha value is -1.21. The normalized spacial score (nSPS) is 31.5. The van der Waals surface area contributed by atoms with Crippen LogP contribution in [-0.2, 0) is 23.7 Å². The van der Waals surface area contributed by atoms with Crippen molar-refractivity contribution >= 4 is 5.78 Å². The molecule has 182 valence electrons. The van der Waals surface area contributed by atoms with Crippen molar-refractivity contribution in [1.29, 1.82) is 0 Å². The number of ketones is 1. The number of hydrogen-bond acceptors (Lipinski definition) is 6. The molecule has 6 heteroatoms. The third kappa shape index (κ3) is 7.98. The Morgan fingerprint density at radius 1 is 1.06 bits per heavy atom. The molecule has 3 rings (SSSR count). The first kappa shape index (κ1) is 25.4. The van der Waals surface area contributed by atoms with E-state index in [4.69, 9.17) is 18.9 Å². The molecular formula is C26H43NO5. The van der Waals surface area contributed by atoms with Crippen molar-refractivity contribution in [2.45, 2.75) is 102 Å². The summed E-state index contributed by atoms with van der Waals surface area (Å²) in [4.78, 5) is 14.8. The molecule has 3 unspecified atom stereocenters. The van der Waals surface area contributed by atoms with Crippen molar-refractivity contribution in [3.8, 4) is 0 Å². The van der Waals surface area contributed by atoms with E-state index in [1.807, 2.05) is 25.2 Å². The fourth-order valence-corrected chi connectivity index (χ4v) is 4.69. The quantitative estimate of drug-likeness (QED) is 0.252. The van der Waals surface area contributed by atoms with E-state index in [0.717, 1.165) is 70.2 Å². The summed E-state index contributed by atoms with van der Waals surface area (Å²) in [6.45, 7) is 3.73. The van der Waals surface area contributed by atoms with Crippen LogP contribution in [-0.4, -0.2) is 62.8 Å². The van der Waals surface area contributed by atoms with Gasteiger partial charge in [-0.3, -0.25) is 4.79 Å². The van der Waals surface area contributed by atoms with E-state index in [1.54, 1.807) is 0 Å². The minimum absolute atomic E-state index is 0.00691. The molecule has 0 aromatic carbocycles. The second-order valence-electron chi connectivity index (χ2n) is 9.52. The highest BCUT2D eigenvalue weighted by Crippen LogP contribution is 2.35. The molecule has 0 bridgehead atoms. The molecule has 2 heterocycles. The highest BCUT2D eigenvalue weighted by molar-refractivity contribution is 5.99. The molecule has 5 atom stereocenters. The summed E-state index contributed by atoms with van der Waals surface area (Å²) >= 11 is 0. The van der Waals surface area contributed by atoms with Crippen LogP contribution in [0.2, 0.25) is 0 Å². The molecule has 0 spiro atoms. The predicted molar refractivity (Wildman–Crippen MR) is 125 cm³/mol. The Morgan fingerprint density at radius 2 is 1.78 bits per heavy atom. The summed E-state index contributed by atoms with van der Waals surface area (Å²) in [5, 5.41) is 0. The molecule has 1 saturated carbocycles. The number of carbonyl (C=O) groups is 1. The van der Waals surface area contributed by atoms with Gasteiger partial charge in [-0.15, -0.1) is 0 Å². The van der Waals surface area contributed by atoms with Crippen LogP contribution >= 0.6 is 0 Å². The van der Waals surface area contributed by atoms with Gasteiger partial charge in [0.15, 0.2) is 18.4 Å². The van der Waals surface area contributed by atoms with E-state index in [9.17, 15) is 4.79 Å². The Kier molecular flexibility index (Phi) is 10.7. The van der Waals surface area contributed by atoms with Gasteiger partial charge >= 0.3 is 0 Å². The van der Waals surface area contributed by atoms with Gasteiger partial charge in [-0.2, -0.15) is 0 Å². The smallest absolute Gasteiger partial charge is 0.163 e. The van der Waals surface area contributed by atoms with Crippen LogP contribution in [0.5, 0.6) is 0 Å². The number of nitrogens with zero attached hydrogens (tertiary/aromatic N) is 1. The first-order valence-corrected chi connectivity index (χ1v) is 12.7. The lowest BCUT2D eigenvalue weighted by Gasteiger charge is -2.28. The second kappa shape index (κ2) is 13.5. The Bertz CT molecular complexity index is 620. The molecule has 1 aliphatic carbocycles. The number of unbranched alkanes of at least 4 members (excludes halogenated alkanes) is 2. The standard InChI is InChI=1S/C26H43NO5/c1-4-5-6-11-20(31-25-12-7-9-16-29-25)14-15-21-22(19-27(2)3)23(28)18-24(21)32-26-13-8-10-17-30-26/h14-15,19-21,24-26H,4-13,16-18H2,1-3H3/t20?,21-,24-,25?,26?/m0/s1. The zero-order valence-corrected chi connectivity index (χ0v) is 20.3. The molecule has 32 heavy (non-hydrogen) atoms. The molecule has 6 nitrogen and oxygen atoms in total. The predicted octanol–water partition coefficient (Wildman–Crippen LogP) is 4.98. The maximum Gasteiger partial charge on any atom is 0.163 e. The summed E-state index contributed by atoms with van der Waals surface area (Å²) in [5.41, 5.74) is 0.813. The highest BCUT2D eigenvalue weighted by atomic mass is 16.7. The van der Waals surface area contributed by atoms with E-state index in [1.165, 1.54) is 12.8 Å². The molecular weight excluding hydrogens is 406 g/mol. The van der Waals surface area contributed by atoms with Crippen LogP contribution < -0.4 is 0 Å². The van der Waals surface area contributed by atoms with Crippen LogP contribution in [0.15, 0.2) is 23.9 Å². The number of rotatable bonds is 11. The first-order valence-electron chi connectivity index (χ1n) is 12.7. The van der Waals surface area contributed by atoms with Crippen LogP contribution in [0, 0.1) is 5.92 Å². The second-order valence-corrected chi connectivity index (χ2v) is 9.52. The van der Waals surface area contributed by atoms with E-state index >= 15 is 0 Å². The maximum absolute atomic E-state index is 12.8. The Morgan fingerprint density at radius 3 is 2.41 bits per heavy atom. The Labute approximate surface area is 194 Å². The van der Waals surface area contributed by atoms with Gasteiger partial charge in [-0.25, -0.2) is 0 Å². The van der Waals surface area contributed by atoms with Gasteiger partial charge in [0, 0.05) is 51.4 Å². The number of ether oxygens (including phenoxy) is 4. The van der Waals surface area contributed by atoms with Gasteiger partial charge in [0.1, 0.15) is 0 Å². The zero-order chi connectivity index (χ0) is 22.8. The lowest BCUT2D eigenvalue weighted by atomic mass is 9.98. The minimum Gasteiger partial charge on any atom is -0.383 e. The summed E-state index contributed by atoms with van der Waals surface area (Å²) in [6, 6.07) is 0. The fourth-order valence-electron chi connectivity index (χ4n) is 4.69. The van der Waals surface area contributed by atoms with Crippen LogP contribution in [0.3, 0.4) is 0 Å². The SMILES string of the molecule is CCCCCC(C=C[C@H]1C(=CN(C)C)C(=O)C[C@@H]1OC1CCCCO1)OC1CCCCO1. The average Bonchev–Trinajstić information content (AvgIpc) is 3.06. The van der Waals surface area contributed by atoms with Crippen LogP contribution in [0.4, 0.5) is 0 Å². The van der Waals surface area contributed by atoms with Gasteiger partial charge < -0.3 is 23.8 Å². The first-order chi connectivity index (χ1) is 15.6. The van der Waals surface area contributed by atoms with Gasteiger partial charge in [0.05, 0.1) is 12.2 Å². The summed E-state index contributed by atoms with van der Waals surface area (Å²) < 4.78 is 24.3. The lowest BCUT2D eigenvalue weighted by molar-refractivity contribution is -0.190. The third-order valence-electron chi connectivity index (χ3n) is 6.42. The molecule has 3 aliphatic rings. The van der Waals surface area contributed by atoms with Gasteiger partial charge in [0.2, 0.25) is 0 Å². The van der Waals surface area contributed by atoms with Crippen molar-refractivity contribution in [1.82, 2.24) is 4.90 Å². The van der Waals surface area contributed by atoms with Gasteiger partial charge in [-0.1, -0.05) is 38.3 Å². The molecule has 0 radical (unpaired) electrons. The summed E-state index contributed by atoms with van der Waals surface area (Å²) in [6.07, 6.45) is 16.9. The maximum atomic E-state index is 12.8. The van der Waals surface area contributed by atoms with E-state index in [2.05, 4.69) is 19.1 Å². The lowest BCUT2D eigenvalue weighted by Crippen LogP contribution is -2.30. The van der Waals surface area contributed by atoms with E-state index < -0.39 is 0 Å². The molecule has 0 aromatic rings. The summed E-state index contributed by atoms with van der Waals surface area (Å²) in [7, 11) is 3.91. The monoisotopic (exact) mass is 449 g/mol. The number of Topliss-reactive ketones (excluding diaryl/α,β-unsaturated/α-hetero) is 1. The largest absolute Gasteiger partial charge is 0.383 e. The molecule has 2 aliphatic heterocycles. The Balaban J connectivity index is 1.72. The van der Waals surface area contributed by atoms with Crippen molar-refractivity contribution in [3.63, 3.8) is 0 Å². The van der Waals surface area contributed by atoms with Crippen molar-refractivity contribution in [2.75, 3.05) is 27.3 Å². The number of hydrogen-bond donors (Lipinski definition) is 0. The van der Waals surface area contributed by atoms with Crippen molar-refractivity contribution < 1.29 is 23.7 Å². The fraction of sp³-hybridized carbons (Fsp3) is 0.808. The average molecular weight is 450 g/mol. The number of carbonyl (C=O) groups excluding carboxylic acids is 1. The van der Waals surface area contributed by atoms with Crippen LogP contribution in [0.1, 0.15) is 77.6 Å². The minimum atomic E-state index is -0.205. The van der Waals surface area contributed by atoms with E-state index in [0.29, 0.717) is 6.42 Å². The molecule has 0 N–H and O–H groups in total. The topological polar surface area (TPSA) is 57.2 Å². The van der Waals surface area contributed by atoms with Crippen LogP contribution in [0.25, 0.3) is 0 Å².